The monoisotopic (exact) mass is 438 g/mol. The van der Waals surface area contributed by atoms with Gasteiger partial charge < -0.3 is 9.64 Å². The zero-order chi connectivity index (χ0) is 22.5. The Labute approximate surface area is 192 Å². The van der Waals surface area contributed by atoms with Gasteiger partial charge in [0.2, 0.25) is 0 Å². The molecule has 0 saturated carbocycles. The number of hydrogen-bond donors (Lipinski definition) is 0. The van der Waals surface area contributed by atoms with Crippen LogP contribution in [0.25, 0.3) is 0 Å². The lowest BCUT2D eigenvalue weighted by Crippen LogP contribution is -2.44. The van der Waals surface area contributed by atoms with Gasteiger partial charge in [0, 0.05) is 32.8 Å². The van der Waals surface area contributed by atoms with Crippen LogP contribution in [0, 0.1) is 19.8 Å². The van der Waals surface area contributed by atoms with Gasteiger partial charge in [0.05, 0.1) is 11.8 Å². The molecule has 3 heterocycles. The molecule has 2 saturated heterocycles. The first-order valence-electron chi connectivity index (χ1n) is 12.3. The molecule has 0 N–H and O–H groups in total. The predicted octanol–water partition coefficient (Wildman–Crippen LogP) is 4.05. The van der Waals surface area contributed by atoms with Gasteiger partial charge in [-0.3, -0.25) is 14.4 Å². The highest BCUT2D eigenvalue weighted by atomic mass is 16.5. The van der Waals surface area contributed by atoms with E-state index >= 15 is 0 Å². The molecule has 2 aromatic rings. The molecule has 1 atom stereocenters. The van der Waals surface area contributed by atoms with Gasteiger partial charge in [0.1, 0.15) is 5.69 Å². The summed E-state index contributed by atoms with van der Waals surface area (Å²) in [4.78, 5) is 18.2. The second kappa shape index (κ2) is 10.6. The lowest BCUT2D eigenvalue weighted by molar-refractivity contribution is 0.0436. The zero-order valence-electron chi connectivity index (χ0n) is 19.9. The van der Waals surface area contributed by atoms with Crippen LogP contribution in [0.5, 0.6) is 0 Å². The van der Waals surface area contributed by atoms with Crippen molar-refractivity contribution in [2.24, 2.45) is 5.92 Å². The number of aryl methyl sites for hydroxylation is 3. The minimum absolute atomic E-state index is 0.102. The van der Waals surface area contributed by atoms with Crippen molar-refractivity contribution in [2.75, 3.05) is 32.8 Å². The maximum Gasteiger partial charge on any atom is 0.272 e. The molecule has 174 valence electrons. The third-order valence-corrected chi connectivity index (χ3v) is 7.00. The van der Waals surface area contributed by atoms with Crippen LogP contribution in [0.3, 0.4) is 0 Å². The predicted molar refractivity (Wildman–Crippen MR) is 127 cm³/mol. The van der Waals surface area contributed by atoms with Gasteiger partial charge in [-0.05, 0) is 82.7 Å². The Morgan fingerprint density at radius 2 is 1.94 bits per heavy atom. The third kappa shape index (κ3) is 5.59. The standard InChI is InChI=1S/C26H38N4O2/c1-4-30-25(16-21(3)27-30)26(31)29(19-24-10-7-15-32-24)17-22-11-13-28(14-12-22)18-23-9-6-5-8-20(23)2/h5-6,8-9,16,22,24H,4,7,10-15,17-19H2,1-3H3. The molecule has 2 aliphatic rings. The highest BCUT2D eigenvalue weighted by Crippen LogP contribution is 2.23. The molecule has 0 radical (unpaired) electrons. The van der Waals surface area contributed by atoms with Crippen molar-refractivity contribution >= 4 is 5.91 Å². The molecular formula is C26H38N4O2. The number of amides is 1. The minimum Gasteiger partial charge on any atom is -0.376 e. The van der Waals surface area contributed by atoms with Crippen molar-refractivity contribution in [3.05, 3.63) is 52.8 Å². The number of rotatable bonds is 8. The molecule has 2 aliphatic heterocycles. The molecule has 6 heteroatoms. The molecule has 1 aromatic carbocycles. The molecule has 6 nitrogen and oxygen atoms in total. The van der Waals surface area contributed by atoms with E-state index in [4.69, 9.17) is 4.74 Å². The van der Waals surface area contributed by atoms with Crippen LogP contribution in [0.15, 0.2) is 30.3 Å². The van der Waals surface area contributed by atoms with Gasteiger partial charge >= 0.3 is 0 Å². The van der Waals surface area contributed by atoms with Gasteiger partial charge in [-0.25, -0.2) is 0 Å². The topological polar surface area (TPSA) is 50.6 Å². The highest BCUT2D eigenvalue weighted by Gasteiger charge is 2.29. The average molecular weight is 439 g/mol. The summed E-state index contributed by atoms with van der Waals surface area (Å²) in [5.74, 6) is 0.637. The maximum atomic E-state index is 13.5. The van der Waals surface area contributed by atoms with Crippen molar-refractivity contribution in [1.82, 2.24) is 19.6 Å². The second-order valence-electron chi connectivity index (χ2n) is 9.48. The smallest absolute Gasteiger partial charge is 0.272 e. The van der Waals surface area contributed by atoms with Crippen LogP contribution in [-0.2, 0) is 17.8 Å². The first-order valence-corrected chi connectivity index (χ1v) is 12.3. The minimum atomic E-state index is 0.102. The molecule has 2 fully saturated rings. The Balaban J connectivity index is 1.39. The summed E-state index contributed by atoms with van der Waals surface area (Å²) in [7, 11) is 0. The number of carbonyl (C=O) groups excluding carboxylic acids is 1. The molecule has 32 heavy (non-hydrogen) atoms. The quantitative estimate of drug-likeness (QED) is 0.624. The lowest BCUT2D eigenvalue weighted by atomic mass is 9.95. The fourth-order valence-corrected chi connectivity index (χ4v) is 5.06. The third-order valence-electron chi connectivity index (χ3n) is 7.00. The van der Waals surface area contributed by atoms with E-state index in [-0.39, 0.29) is 12.0 Å². The van der Waals surface area contributed by atoms with Crippen molar-refractivity contribution in [1.29, 1.82) is 0 Å². The Kier molecular flexibility index (Phi) is 7.63. The lowest BCUT2D eigenvalue weighted by Gasteiger charge is -2.35. The first kappa shape index (κ1) is 23.0. The van der Waals surface area contributed by atoms with Crippen LogP contribution in [-0.4, -0.2) is 64.4 Å². The van der Waals surface area contributed by atoms with E-state index in [0.717, 1.165) is 64.2 Å². The molecule has 1 aromatic heterocycles. The molecule has 4 rings (SSSR count). The molecule has 0 bridgehead atoms. The number of benzene rings is 1. The van der Waals surface area contributed by atoms with Crippen LogP contribution < -0.4 is 0 Å². The van der Waals surface area contributed by atoms with Gasteiger partial charge in [0.15, 0.2) is 0 Å². The summed E-state index contributed by atoms with van der Waals surface area (Å²) >= 11 is 0. The highest BCUT2D eigenvalue weighted by molar-refractivity contribution is 5.92. The molecular weight excluding hydrogens is 400 g/mol. The van der Waals surface area contributed by atoms with Crippen molar-refractivity contribution < 1.29 is 9.53 Å². The van der Waals surface area contributed by atoms with E-state index in [2.05, 4.69) is 46.1 Å². The summed E-state index contributed by atoms with van der Waals surface area (Å²) in [5, 5.41) is 4.50. The van der Waals surface area contributed by atoms with Crippen molar-refractivity contribution in [2.45, 2.75) is 65.6 Å². The normalized spacial score (nSPS) is 20.0. The summed E-state index contributed by atoms with van der Waals surface area (Å²) in [6, 6.07) is 10.6. The largest absolute Gasteiger partial charge is 0.376 e. The van der Waals surface area contributed by atoms with Crippen LogP contribution in [0.1, 0.15) is 59.9 Å². The van der Waals surface area contributed by atoms with E-state index in [1.807, 2.05) is 24.6 Å². The van der Waals surface area contributed by atoms with E-state index in [9.17, 15) is 4.79 Å². The molecule has 0 aliphatic carbocycles. The molecule has 1 amide bonds. The summed E-state index contributed by atoms with van der Waals surface area (Å²) < 4.78 is 7.73. The Hall–Kier alpha value is -2.18. The van der Waals surface area contributed by atoms with Gasteiger partial charge in [-0.1, -0.05) is 24.3 Å². The fraction of sp³-hybridized carbons (Fsp3) is 0.615. The second-order valence-corrected chi connectivity index (χ2v) is 9.48. The van der Waals surface area contributed by atoms with E-state index in [0.29, 0.717) is 24.7 Å². The number of ether oxygens (including phenoxy) is 1. The van der Waals surface area contributed by atoms with Crippen LogP contribution in [0.2, 0.25) is 0 Å². The van der Waals surface area contributed by atoms with Crippen LogP contribution >= 0.6 is 0 Å². The number of likely N-dealkylation sites (tertiary alicyclic amines) is 1. The zero-order valence-corrected chi connectivity index (χ0v) is 19.9. The summed E-state index contributed by atoms with van der Waals surface area (Å²) in [6.45, 7) is 12.4. The number of aromatic nitrogens is 2. The SMILES string of the molecule is CCn1nc(C)cc1C(=O)N(CC1CCN(Cc2ccccc2C)CC1)CC1CCCO1. The number of hydrogen-bond acceptors (Lipinski definition) is 4. The first-order chi connectivity index (χ1) is 15.5. The molecule has 0 spiro atoms. The van der Waals surface area contributed by atoms with E-state index in [1.165, 1.54) is 11.1 Å². The van der Waals surface area contributed by atoms with E-state index < -0.39 is 0 Å². The Morgan fingerprint density at radius 3 is 2.62 bits per heavy atom. The van der Waals surface area contributed by atoms with Gasteiger partial charge in [-0.15, -0.1) is 0 Å². The Morgan fingerprint density at radius 1 is 1.16 bits per heavy atom. The number of piperidine rings is 1. The van der Waals surface area contributed by atoms with Gasteiger partial charge in [0.25, 0.3) is 5.91 Å². The van der Waals surface area contributed by atoms with E-state index in [1.54, 1.807) is 0 Å². The van der Waals surface area contributed by atoms with Crippen molar-refractivity contribution in [3.8, 4) is 0 Å². The number of carbonyl (C=O) groups is 1. The summed E-state index contributed by atoms with van der Waals surface area (Å²) in [6.07, 6.45) is 4.57. The number of nitrogens with zero attached hydrogens (tertiary/aromatic N) is 4. The summed E-state index contributed by atoms with van der Waals surface area (Å²) in [5.41, 5.74) is 4.40. The molecule has 1 unspecified atom stereocenters. The van der Waals surface area contributed by atoms with Gasteiger partial charge in [-0.2, -0.15) is 5.10 Å². The van der Waals surface area contributed by atoms with Crippen molar-refractivity contribution in [3.63, 3.8) is 0 Å². The maximum absolute atomic E-state index is 13.5. The average Bonchev–Trinajstić information content (AvgIpc) is 3.45. The Bertz CT molecular complexity index is 895. The van der Waals surface area contributed by atoms with Crippen LogP contribution in [0.4, 0.5) is 0 Å². The fourth-order valence-electron chi connectivity index (χ4n) is 5.06.